The third-order valence-electron chi connectivity index (χ3n) is 4.48. The standard InChI is InChI=1S/C22H16N6OS2/c29-22(24-13-19-25-17(14-31-19)15-8-10-23-11-9-15)20-26-21(18-7-4-12-30-18)28(27-20)16-5-2-1-3-6-16/h1-12,14H,13H2,(H,24,29). The fraction of sp³-hybridized carbons (Fsp3) is 0.0455. The smallest absolute Gasteiger partial charge is 0.291 e. The van der Waals surface area contributed by atoms with Crippen molar-refractivity contribution in [3.63, 3.8) is 0 Å². The highest BCUT2D eigenvalue weighted by atomic mass is 32.1. The molecule has 0 spiro atoms. The molecule has 4 aromatic heterocycles. The number of pyridine rings is 1. The zero-order valence-corrected chi connectivity index (χ0v) is 17.8. The molecular weight excluding hydrogens is 428 g/mol. The maximum absolute atomic E-state index is 12.8. The van der Waals surface area contributed by atoms with E-state index >= 15 is 0 Å². The van der Waals surface area contributed by atoms with Gasteiger partial charge < -0.3 is 5.32 Å². The van der Waals surface area contributed by atoms with Gasteiger partial charge in [0, 0.05) is 23.3 Å². The Kier molecular flexibility index (Phi) is 5.34. The molecular formula is C22H16N6OS2. The average molecular weight is 445 g/mol. The van der Waals surface area contributed by atoms with Crippen LogP contribution in [0.2, 0.25) is 0 Å². The van der Waals surface area contributed by atoms with Crippen molar-refractivity contribution in [2.75, 3.05) is 0 Å². The molecule has 4 heterocycles. The van der Waals surface area contributed by atoms with Gasteiger partial charge in [-0.3, -0.25) is 9.78 Å². The minimum Gasteiger partial charge on any atom is -0.343 e. The molecule has 152 valence electrons. The minimum absolute atomic E-state index is 0.123. The van der Waals surface area contributed by atoms with Crippen LogP contribution in [0.4, 0.5) is 0 Å². The van der Waals surface area contributed by atoms with Crippen molar-refractivity contribution in [3.8, 4) is 27.6 Å². The van der Waals surface area contributed by atoms with Crippen LogP contribution in [0.5, 0.6) is 0 Å². The molecule has 0 saturated heterocycles. The van der Waals surface area contributed by atoms with Gasteiger partial charge in [0.25, 0.3) is 5.91 Å². The van der Waals surface area contributed by atoms with Crippen LogP contribution in [-0.4, -0.2) is 30.6 Å². The number of nitrogens with zero attached hydrogens (tertiary/aromatic N) is 5. The lowest BCUT2D eigenvalue weighted by Gasteiger charge is -2.03. The fourth-order valence-corrected chi connectivity index (χ4v) is 4.45. The maximum Gasteiger partial charge on any atom is 0.291 e. The number of hydrogen-bond donors (Lipinski definition) is 1. The number of thiophene rings is 1. The molecule has 31 heavy (non-hydrogen) atoms. The largest absolute Gasteiger partial charge is 0.343 e. The summed E-state index contributed by atoms with van der Waals surface area (Å²) in [6.45, 7) is 0.308. The van der Waals surface area contributed by atoms with Crippen LogP contribution in [0.25, 0.3) is 27.6 Å². The Hall–Kier alpha value is -3.69. The number of aromatic nitrogens is 5. The van der Waals surface area contributed by atoms with E-state index in [4.69, 9.17) is 0 Å². The molecule has 0 saturated carbocycles. The molecule has 0 aliphatic rings. The zero-order chi connectivity index (χ0) is 21.0. The predicted molar refractivity (Wildman–Crippen MR) is 121 cm³/mol. The van der Waals surface area contributed by atoms with E-state index in [0.717, 1.165) is 26.8 Å². The lowest BCUT2D eigenvalue weighted by atomic mass is 10.2. The first-order valence-corrected chi connectivity index (χ1v) is 11.2. The summed E-state index contributed by atoms with van der Waals surface area (Å²) < 4.78 is 1.70. The van der Waals surface area contributed by atoms with Gasteiger partial charge in [-0.05, 0) is 35.7 Å². The van der Waals surface area contributed by atoms with E-state index < -0.39 is 0 Å². The highest BCUT2D eigenvalue weighted by Crippen LogP contribution is 2.25. The molecule has 9 heteroatoms. The second-order valence-corrected chi connectivity index (χ2v) is 8.42. The van der Waals surface area contributed by atoms with E-state index in [1.807, 2.05) is 65.4 Å². The first kappa shape index (κ1) is 19.3. The summed E-state index contributed by atoms with van der Waals surface area (Å²) in [6, 6.07) is 17.4. The Balaban J connectivity index is 1.36. The van der Waals surface area contributed by atoms with Gasteiger partial charge in [0.15, 0.2) is 5.82 Å². The number of carbonyl (C=O) groups excluding carboxylic acids is 1. The van der Waals surface area contributed by atoms with E-state index in [0.29, 0.717) is 12.4 Å². The summed E-state index contributed by atoms with van der Waals surface area (Å²) in [4.78, 5) is 26.9. The Labute approximate surface area is 186 Å². The third-order valence-corrected chi connectivity index (χ3v) is 6.20. The van der Waals surface area contributed by atoms with Crippen molar-refractivity contribution in [1.29, 1.82) is 0 Å². The zero-order valence-electron chi connectivity index (χ0n) is 16.2. The number of benzene rings is 1. The van der Waals surface area contributed by atoms with E-state index in [2.05, 4.69) is 25.4 Å². The number of thiazole rings is 1. The summed E-state index contributed by atoms with van der Waals surface area (Å²) in [6.07, 6.45) is 3.46. The Morgan fingerprint density at radius 2 is 1.81 bits per heavy atom. The first-order chi connectivity index (χ1) is 15.3. The van der Waals surface area contributed by atoms with Gasteiger partial charge in [-0.1, -0.05) is 24.3 Å². The molecule has 0 aliphatic heterocycles. The molecule has 7 nitrogen and oxygen atoms in total. The second-order valence-electron chi connectivity index (χ2n) is 6.53. The van der Waals surface area contributed by atoms with Gasteiger partial charge >= 0.3 is 0 Å². The number of amides is 1. The second kappa shape index (κ2) is 8.58. The molecule has 5 rings (SSSR count). The molecule has 5 aromatic rings. The highest BCUT2D eigenvalue weighted by molar-refractivity contribution is 7.13. The molecule has 0 atom stereocenters. The molecule has 0 fully saturated rings. The number of para-hydroxylation sites is 1. The van der Waals surface area contributed by atoms with Crippen molar-refractivity contribution >= 4 is 28.6 Å². The predicted octanol–water partition coefficient (Wildman–Crippen LogP) is 4.44. The van der Waals surface area contributed by atoms with Crippen molar-refractivity contribution in [1.82, 2.24) is 30.0 Å². The van der Waals surface area contributed by atoms with Crippen LogP contribution in [0.1, 0.15) is 15.6 Å². The highest BCUT2D eigenvalue weighted by Gasteiger charge is 2.19. The average Bonchev–Trinajstić information content (AvgIpc) is 3.59. The van der Waals surface area contributed by atoms with Gasteiger partial charge in [0.2, 0.25) is 5.82 Å². The lowest BCUT2D eigenvalue weighted by molar-refractivity contribution is 0.0940. The van der Waals surface area contributed by atoms with Crippen molar-refractivity contribution in [2.45, 2.75) is 6.54 Å². The molecule has 0 bridgehead atoms. The van der Waals surface area contributed by atoms with Crippen LogP contribution in [-0.2, 0) is 6.54 Å². The quantitative estimate of drug-likeness (QED) is 0.418. The van der Waals surface area contributed by atoms with Crippen molar-refractivity contribution < 1.29 is 4.79 Å². The van der Waals surface area contributed by atoms with E-state index in [1.165, 1.54) is 11.3 Å². The summed E-state index contributed by atoms with van der Waals surface area (Å²) in [5.74, 6) is 0.423. The van der Waals surface area contributed by atoms with Crippen LogP contribution in [0.3, 0.4) is 0 Å². The number of rotatable bonds is 6. The van der Waals surface area contributed by atoms with Crippen molar-refractivity contribution in [3.05, 3.63) is 88.6 Å². The van der Waals surface area contributed by atoms with Crippen LogP contribution in [0.15, 0.2) is 77.8 Å². The molecule has 0 radical (unpaired) electrons. The van der Waals surface area contributed by atoms with Crippen LogP contribution < -0.4 is 5.32 Å². The topological polar surface area (TPSA) is 85.6 Å². The van der Waals surface area contributed by atoms with Crippen molar-refractivity contribution in [2.24, 2.45) is 0 Å². The van der Waals surface area contributed by atoms with E-state index in [-0.39, 0.29) is 11.7 Å². The van der Waals surface area contributed by atoms with Gasteiger partial charge in [-0.25, -0.2) is 14.6 Å². The summed E-state index contributed by atoms with van der Waals surface area (Å²) in [5.41, 5.74) is 2.70. The number of hydrogen-bond acceptors (Lipinski definition) is 7. The monoisotopic (exact) mass is 444 g/mol. The van der Waals surface area contributed by atoms with Gasteiger partial charge in [-0.15, -0.1) is 27.8 Å². The SMILES string of the molecule is O=C(NCc1nc(-c2ccncc2)cs1)c1nc(-c2cccs2)n(-c2ccccc2)n1. The first-order valence-electron chi connectivity index (χ1n) is 9.47. The molecule has 0 aliphatic carbocycles. The molecule has 1 amide bonds. The number of nitrogens with one attached hydrogen (secondary N) is 1. The maximum atomic E-state index is 12.8. The van der Waals surface area contributed by atoms with Crippen LogP contribution >= 0.6 is 22.7 Å². The van der Waals surface area contributed by atoms with E-state index in [1.54, 1.807) is 28.4 Å². The Morgan fingerprint density at radius 3 is 2.58 bits per heavy atom. The van der Waals surface area contributed by atoms with Crippen LogP contribution in [0, 0.1) is 0 Å². The molecule has 1 aromatic carbocycles. The van der Waals surface area contributed by atoms with E-state index in [9.17, 15) is 4.79 Å². The normalized spacial score (nSPS) is 10.8. The van der Waals surface area contributed by atoms with Gasteiger partial charge in [0.1, 0.15) is 5.01 Å². The summed E-state index contributed by atoms with van der Waals surface area (Å²) >= 11 is 3.05. The fourth-order valence-electron chi connectivity index (χ4n) is 3.01. The Bertz CT molecular complexity index is 1300. The lowest BCUT2D eigenvalue weighted by Crippen LogP contribution is -2.24. The van der Waals surface area contributed by atoms with Gasteiger partial charge in [0.05, 0.1) is 22.8 Å². The summed E-state index contributed by atoms with van der Waals surface area (Å²) in [7, 11) is 0. The Morgan fingerprint density at radius 1 is 0.968 bits per heavy atom. The summed E-state index contributed by atoms with van der Waals surface area (Å²) in [5, 5.41) is 12.1. The van der Waals surface area contributed by atoms with Gasteiger partial charge in [-0.2, -0.15) is 0 Å². The minimum atomic E-state index is -0.340. The molecule has 0 unspecified atom stereocenters. The molecule has 1 N–H and O–H groups in total. The number of carbonyl (C=O) groups is 1. The third kappa shape index (κ3) is 4.14.